The lowest BCUT2D eigenvalue weighted by Crippen LogP contribution is -2.66. The average Bonchev–Trinajstić information content (AvgIpc) is 2.40. The molecule has 2 aliphatic rings. The minimum Gasteiger partial charge on any atom is -0.329 e. The van der Waals surface area contributed by atoms with Gasteiger partial charge in [0, 0.05) is 37.8 Å². The highest BCUT2D eigenvalue weighted by atomic mass is 15.3. The van der Waals surface area contributed by atoms with Crippen molar-refractivity contribution in [1.29, 1.82) is 0 Å². The summed E-state index contributed by atoms with van der Waals surface area (Å²) in [5.41, 5.74) is 6.55. The third-order valence-corrected chi connectivity index (χ3v) is 5.97. The van der Waals surface area contributed by atoms with E-state index in [1.165, 1.54) is 45.3 Å². The molecule has 1 aliphatic carbocycles. The van der Waals surface area contributed by atoms with Gasteiger partial charge in [0.15, 0.2) is 0 Å². The Labute approximate surface area is 119 Å². The van der Waals surface area contributed by atoms with Crippen LogP contribution in [0.1, 0.15) is 46.5 Å². The summed E-state index contributed by atoms with van der Waals surface area (Å²) >= 11 is 0. The standard InChI is InChI=1S/C16H33N3/c1-5-15-11-19(9-8-18(15)4)16(12-17)7-6-13(2)10-14(16)3/h13-15H,5-12,17H2,1-4H3. The smallest absolute Gasteiger partial charge is 0.0358 e. The fourth-order valence-corrected chi connectivity index (χ4v) is 4.38. The molecule has 2 rings (SSSR count). The zero-order valence-electron chi connectivity index (χ0n) is 13.4. The number of nitrogens with zero attached hydrogens (tertiary/aromatic N) is 2. The maximum absolute atomic E-state index is 6.27. The van der Waals surface area contributed by atoms with Crippen LogP contribution in [0.5, 0.6) is 0 Å². The molecule has 1 heterocycles. The van der Waals surface area contributed by atoms with Crippen LogP contribution in [0.2, 0.25) is 0 Å². The first kappa shape index (κ1) is 15.3. The van der Waals surface area contributed by atoms with E-state index in [1.54, 1.807) is 0 Å². The molecule has 0 aromatic heterocycles. The highest BCUT2D eigenvalue weighted by molar-refractivity contribution is 5.01. The van der Waals surface area contributed by atoms with Crippen LogP contribution in [0, 0.1) is 11.8 Å². The number of piperazine rings is 1. The maximum Gasteiger partial charge on any atom is 0.0358 e. The number of hydrogen-bond donors (Lipinski definition) is 1. The molecule has 4 atom stereocenters. The molecule has 1 saturated heterocycles. The van der Waals surface area contributed by atoms with Crippen LogP contribution in [-0.2, 0) is 0 Å². The van der Waals surface area contributed by atoms with E-state index in [-0.39, 0.29) is 5.54 Å². The van der Waals surface area contributed by atoms with Gasteiger partial charge >= 0.3 is 0 Å². The van der Waals surface area contributed by atoms with E-state index in [9.17, 15) is 0 Å². The van der Waals surface area contributed by atoms with Crippen LogP contribution in [0.3, 0.4) is 0 Å². The zero-order chi connectivity index (χ0) is 14.0. The van der Waals surface area contributed by atoms with Gasteiger partial charge < -0.3 is 10.6 Å². The van der Waals surface area contributed by atoms with Gasteiger partial charge in [0.1, 0.15) is 0 Å². The fraction of sp³-hybridized carbons (Fsp3) is 1.00. The molecule has 0 spiro atoms. The highest BCUT2D eigenvalue weighted by Gasteiger charge is 2.45. The van der Waals surface area contributed by atoms with Gasteiger partial charge in [0.05, 0.1) is 0 Å². The molecular weight excluding hydrogens is 234 g/mol. The van der Waals surface area contributed by atoms with Gasteiger partial charge in [-0.2, -0.15) is 0 Å². The second-order valence-electron chi connectivity index (χ2n) is 7.08. The van der Waals surface area contributed by atoms with Crippen LogP contribution in [0.4, 0.5) is 0 Å². The van der Waals surface area contributed by atoms with Gasteiger partial charge in [-0.1, -0.05) is 20.8 Å². The summed E-state index contributed by atoms with van der Waals surface area (Å²) in [4.78, 5) is 5.27. The Balaban J connectivity index is 2.12. The molecule has 1 saturated carbocycles. The first-order valence-corrected chi connectivity index (χ1v) is 8.18. The van der Waals surface area contributed by atoms with Gasteiger partial charge in [-0.3, -0.25) is 4.90 Å². The van der Waals surface area contributed by atoms with Crippen molar-refractivity contribution in [2.75, 3.05) is 33.2 Å². The molecule has 1 aliphatic heterocycles. The van der Waals surface area contributed by atoms with E-state index in [0.717, 1.165) is 18.4 Å². The molecular formula is C16H33N3. The Bertz CT molecular complexity index is 294. The van der Waals surface area contributed by atoms with Crippen LogP contribution in [0.25, 0.3) is 0 Å². The molecule has 3 nitrogen and oxygen atoms in total. The third kappa shape index (κ3) is 2.84. The van der Waals surface area contributed by atoms with E-state index < -0.39 is 0 Å². The first-order valence-electron chi connectivity index (χ1n) is 8.18. The van der Waals surface area contributed by atoms with Crippen molar-refractivity contribution in [3.63, 3.8) is 0 Å². The first-order chi connectivity index (χ1) is 9.03. The van der Waals surface area contributed by atoms with E-state index in [1.807, 2.05) is 0 Å². The predicted octanol–water partition coefficient (Wildman–Crippen LogP) is 2.17. The van der Waals surface area contributed by atoms with Crippen molar-refractivity contribution < 1.29 is 0 Å². The van der Waals surface area contributed by atoms with Gasteiger partial charge in [0.25, 0.3) is 0 Å². The summed E-state index contributed by atoms with van der Waals surface area (Å²) in [7, 11) is 2.27. The average molecular weight is 267 g/mol. The van der Waals surface area contributed by atoms with Gasteiger partial charge in [-0.05, 0) is 44.6 Å². The van der Waals surface area contributed by atoms with Crippen molar-refractivity contribution in [2.24, 2.45) is 17.6 Å². The second-order valence-corrected chi connectivity index (χ2v) is 7.08. The molecule has 2 fully saturated rings. The van der Waals surface area contributed by atoms with Gasteiger partial charge in [-0.15, -0.1) is 0 Å². The summed E-state index contributed by atoms with van der Waals surface area (Å²) in [5, 5.41) is 0. The Morgan fingerprint density at radius 2 is 2.00 bits per heavy atom. The Hall–Kier alpha value is -0.120. The normalized spacial score (nSPS) is 42.5. The molecule has 0 amide bonds. The largest absolute Gasteiger partial charge is 0.329 e. The molecule has 4 unspecified atom stereocenters. The molecule has 3 heteroatoms. The molecule has 0 aromatic carbocycles. The number of nitrogens with two attached hydrogens (primary N) is 1. The Morgan fingerprint density at radius 3 is 2.58 bits per heavy atom. The lowest BCUT2D eigenvalue weighted by molar-refractivity contribution is -0.0432. The Morgan fingerprint density at radius 1 is 1.26 bits per heavy atom. The maximum atomic E-state index is 6.27. The predicted molar refractivity (Wildman–Crippen MR) is 82.2 cm³/mol. The van der Waals surface area contributed by atoms with Crippen molar-refractivity contribution in [3.8, 4) is 0 Å². The summed E-state index contributed by atoms with van der Waals surface area (Å²) in [6.07, 6.45) is 5.25. The van der Waals surface area contributed by atoms with Crippen molar-refractivity contribution in [1.82, 2.24) is 9.80 Å². The van der Waals surface area contributed by atoms with Crippen LogP contribution >= 0.6 is 0 Å². The summed E-state index contributed by atoms with van der Waals surface area (Å²) in [6, 6.07) is 0.712. The second kappa shape index (κ2) is 6.11. The number of hydrogen-bond acceptors (Lipinski definition) is 3. The summed E-state index contributed by atoms with van der Waals surface area (Å²) in [5.74, 6) is 1.62. The lowest BCUT2D eigenvalue weighted by Gasteiger charge is -2.55. The van der Waals surface area contributed by atoms with Crippen molar-refractivity contribution >= 4 is 0 Å². The van der Waals surface area contributed by atoms with E-state index in [0.29, 0.717) is 6.04 Å². The fourth-order valence-electron chi connectivity index (χ4n) is 4.38. The van der Waals surface area contributed by atoms with Crippen LogP contribution in [-0.4, -0.2) is 54.6 Å². The minimum atomic E-state index is 0.279. The van der Waals surface area contributed by atoms with E-state index in [2.05, 4.69) is 37.6 Å². The third-order valence-electron chi connectivity index (χ3n) is 5.97. The van der Waals surface area contributed by atoms with Crippen molar-refractivity contribution in [2.45, 2.75) is 58.0 Å². The number of likely N-dealkylation sites (N-methyl/N-ethyl adjacent to an activating group) is 1. The summed E-state index contributed by atoms with van der Waals surface area (Å²) in [6.45, 7) is 11.6. The number of rotatable bonds is 3. The van der Waals surface area contributed by atoms with E-state index in [4.69, 9.17) is 5.73 Å². The Kier molecular flexibility index (Phi) is 4.91. The topological polar surface area (TPSA) is 32.5 Å². The van der Waals surface area contributed by atoms with E-state index >= 15 is 0 Å². The SMILES string of the molecule is CCC1CN(C2(CN)CCC(C)CC2C)CCN1C. The molecule has 112 valence electrons. The molecule has 0 radical (unpaired) electrons. The summed E-state index contributed by atoms with van der Waals surface area (Å²) < 4.78 is 0. The molecule has 0 bridgehead atoms. The van der Waals surface area contributed by atoms with Crippen molar-refractivity contribution in [3.05, 3.63) is 0 Å². The quantitative estimate of drug-likeness (QED) is 0.850. The van der Waals surface area contributed by atoms with Crippen LogP contribution < -0.4 is 5.73 Å². The van der Waals surface area contributed by atoms with Crippen LogP contribution in [0.15, 0.2) is 0 Å². The monoisotopic (exact) mass is 267 g/mol. The molecule has 0 aromatic rings. The minimum absolute atomic E-state index is 0.279. The highest BCUT2D eigenvalue weighted by Crippen LogP contribution is 2.41. The lowest BCUT2D eigenvalue weighted by atomic mass is 9.68. The molecule has 2 N–H and O–H groups in total. The molecule has 19 heavy (non-hydrogen) atoms. The van der Waals surface area contributed by atoms with Gasteiger partial charge in [-0.25, -0.2) is 0 Å². The zero-order valence-corrected chi connectivity index (χ0v) is 13.4. The van der Waals surface area contributed by atoms with Gasteiger partial charge in [0.2, 0.25) is 0 Å².